The summed E-state index contributed by atoms with van der Waals surface area (Å²) in [5, 5.41) is 3.15. The summed E-state index contributed by atoms with van der Waals surface area (Å²) in [4.78, 5) is 28.0. The molecule has 1 saturated heterocycles. The summed E-state index contributed by atoms with van der Waals surface area (Å²) in [5.41, 5.74) is -1.18. The molecule has 0 bridgehead atoms. The average molecular weight is 290 g/mol. The SMILES string of the molecule is C/C=C/CN1C(=O)C2(CCCC2)NC(=O)C12CCCCC2. The minimum atomic E-state index is -0.596. The Hall–Kier alpha value is -1.32. The molecule has 2 saturated carbocycles. The highest BCUT2D eigenvalue weighted by Crippen LogP contribution is 2.42. The predicted molar refractivity (Wildman–Crippen MR) is 81.7 cm³/mol. The molecule has 0 aromatic carbocycles. The number of hydrogen-bond acceptors (Lipinski definition) is 2. The lowest BCUT2D eigenvalue weighted by atomic mass is 9.75. The van der Waals surface area contributed by atoms with Crippen molar-refractivity contribution >= 4 is 11.8 Å². The quantitative estimate of drug-likeness (QED) is 0.795. The Labute approximate surface area is 127 Å². The molecule has 3 rings (SSSR count). The molecular weight excluding hydrogens is 264 g/mol. The number of allylic oxidation sites excluding steroid dienone is 1. The third kappa shape index (κ3) is 2.19. The van der Waals surface area contributed by atoms with Gasteiger partial charge < -0.3 is 10.2 Å². The van der Waals surface area contributed by atoms with E-state index in [1.165, 1.54) is 6.42 Å². The van der Waals surface area contributed by atoms with Crippen molar-refractivity contribution in [3.05, 3.63) is 12.2 Å². The normalized spacial score (nSPS) is 27.8. The number of nitrogens with zero attached hydrogens (tertiary/aromatic N) is 1. The predicted octanol–water partition coefficient (Wildman–Crippen LogP) is 2.54. The lowest BCUT2D eigenvalue weighted by molar-refractivity contribution is -0.164. The Morgan fingerprint density at radius 1 is 1.05 bits per heavy atom. The molecule has 0 radical (unpaired) electrons. The molecular formula is C17H26N2O2. The van der Waals surface area contributed by atoms with E-state index >= 15 is 0 Å². The van der Waals surface area contributed by atoms with Crippen molar-refractivity contribution in [3.8, 4) is 0 Å². The summed E-state index contributed by atoms with van der Waals surface area (Å²) in [6.45, 7) is 2.54. The number of carbonyl (C=O) groups is 2. The summed E-state index contributed by atoms with van der Waals surface area (Å²) >= 11 is 0. The molecule has 4 nitrogen and oxygen atoms in total. The third-order valence-electron chi connectivity index (χ3n) is 5.61. The molecule has 3 fully saturated rings. The second-order valence-corrected chi connectivity index (χ2v) is 6.82. The Morgan fingerprint density at radius 3 is 2.29 bits per heavy atom. The van der Waals surface area contributed by atoms with Gasteiger partial charge in [0.05, 0.1) is 0 Å². The lowest BCUT2D eigenvalue weighted by Gasteiger charge is -2.53. The first-order valence-corrected chi connectivity index (χ1v) is 8.40. The molecule has 0 unspecified atom stereocenters. The number of nitrogens with one attached hydrogen (secondary N) is 1. The molecule has 2 spiro atoms. The first kappa shape index (κ1) is 14.6. The molecule has 4 heteroatoms. The van der Waals surface area contributed by atoms with Crippen LogP contribution < -0.4 is 5.32 Å². The van der Waals surface area contributed by atoms with Gasteiger partial charge in [-0.05, 0) is 32.6 Å². The maximum Gasteiger partial charge on any atom is 0.249 e. The van der Waals surface area contributed by atoms with E-state index in [1.54, 1.807) is 0 Å². The number of rotatable bonds is 2. The van der Waals surface area contributed by atoms with Crippen molar-refractivity contribution in [2.75, 3.05) is 6.54 Å². The van der Waals surface area contributed by atoms with Crippen LogP contribution >= 0.6 is 0 Å². The fourth-order valence-corrected chi connectivity index (χ4v) is 4.38. The van der Waals surface area contributed by atoms with Gasteiger partial charge in [-0.3, -0.25) is 9.59 Å². The van der Waals surface area contributed by atoms with E-state index < -0.39 is 11.1 Å². The molecule has 1 N–H and O–H groups in total. The van der Waals surface area contributed by atoms with E-state index in [1.807, 2.05) is 24.0 Å². The van der Waals surface area contributed by atoms with Crippen molar-refractivity contribution in [1.82, 2.24) is 10.2 Å². The minimum absolute atomic E-state index is 0.105. The monoisotopic (exact) mass is 290 g/mol. The van der Waals surface area contributed by atoms with Gasteiger partial charge in [0.15, 0.2) is 0 Å². The largest absolute Gasteiger partial charge is 0.340 e. The summed E-state index contributed by atoms with van der Waals surface area (Å²) < 4.78 is 0. The van der Waals surface area contributed by atoms with Gasteiger partial charge in [-0.15, -0.1) is 0 Å². The smallest absolute Gasteiger partial charge is 0.249 e. The topological polar surface area (TPSA) is 49.4 Å². The zero-order valence-electron chi connectivity index (χ0n) is 13.0. The zero-order valence-corrected chi connectivity index (χ0v) is 13.0. The van der Waals surface area contributed by atoms with Crippen LogP contribution in [0.3, 0.4) is 0 Å². The standard InChI is InChI=1S/C17H26N2O2/c1-2-3-13-19-15(21)16(9-7-8-10-16)18-14(20)17(19)11-5-4-6-12-17/h2-3H,4-13H2,1H3,(H,18,20)/b3-2+. The Balaban J connectivity index is 1.96. The molecule has 2 aliphatic carbocycles. The number of carbonyl (C=O) groups excluding carboxylic acids is 2. The van der Waals surface area contributed by atoms with Crippen LogP contribution in [0.25, 0.3) is 0 Å². The van der Waals surface area contributed by atoms with Crippen LogP contribution in [0.5, 0.6) is 0 Å². The number of hydrogen-bond donors (Lipinski definition) is 1. The molecule has 2 amide bonds. The highest BCUT2D eigenvalue weighted by Gasteiger charge is 2.58. The summed E-state index contributed by atoms with van der Waals surface area (Å²) in [7, 11) is 0. The fourth-order valence-electron chi connectivity index (χ4n) is 4.38. The molecule has 21 heavy (non-hydrogen) atoms. The van der Waals surface area contributed by atoms with E-state index in [0.717, 1.165) is 51.4 Å². The van der Waals surface area contributed by atoms with Gasteiger partial charge >= 0.3 is 0 Å². The van der Waals surface area contributed by atoms with Crippen LogP contribution in [0.2, 0.25) is 0 Å². The van der Waals surface area contributed by atoms with Crippen molar-refractivity contribution in [3.63, 3.8) is 0 Å². The Bertz CT molecular complexity index is 457. The van der Waals surface area contributed by atoms with Crippen molar-refractivity contribution in [1.29, 1.82) is 0 Å². The number of amides is 2. The second kappa shape index (κ2) is 5.47. The van der Waals surface area contributed by atoms with Crippen molar-refractivity contribution in [2.45, 2.75) is 75.8 Å². The van der Waals surface area contributed by atoms with Gasteiger partial charge in [0.25, 0.3) is 0 Å². The van der Waals surface area contributed by atoms with E-state index in [0.29, 0.717) is 6.54 Å². The first-order valence-electron chi connectivity index (χ1n) is 8.40. The zero-order chi connectivity index (χ0) is 14.9. The molecule has 3 aliphatic rings. The van der Waals surface area contributed by atoms with E-state index in [2.05, 4.69) is 5.32 Å². The van der Waals surface area contributed by atoms with Crippen LogP contribution in [-0.2, 0) is 9.59 Å². The number of piperazine rings is 1. The van der Waals surface area contributed by atoms with Gasteiger partial charge in [0.1, 0.15) is 11.1 Å². The summed E-state index contributed by atoms with van der Waals surface area (Å²) in [5.74, 6) is 0.271. The van der Waals surface area contributed by atoms with E-state index in [-0.39, 0.29) is 11.8 Å². The molecule has 0 aromatic heterocycles. The Morgan fingerprint density at radius 2 is 1.67 bits per heavy atom. The van der Waals surface area contributed by atoms with Gasteiger partial charge in [-0.2, -0.15) is 0 Å². The van der Waals surface area contributed by atoms with Gasteiger partial charge in [-0.25, -0.2) is 0 Å². The van der Waals surface area contributed by atoms with Crippen molar-refractivity contribution < 1.29 is 9.59 Å². The molecule has 0 aromatic rings. The molecule has 1 aliphatic heterocycles. The highest BCUT2D eigenvalue weighted by atomic mass is 16.2. The average Bonchev–Trinajstić information content (AvgIpc) is 2.96. The third-order valence-corrected chi connectivity index (χ3v) is 5.61. The van der Waals surface area contributed by atoms with E-state index in [4.69, 9.17) is 0 Å². The van der Waals surface area contributed by atoms with Gasteiger partial charge in [0, 0.05) is 6.54 Å². The van der Waals surface area contributed by atoms with Crippen molar-refractivity contribution in [2.24, 2.45) is 0 Å². The highest BCUT2D eigenvalue weighted by molar-refractivity contribution is 6.02. The second-order valence-electron chi connectivity index (χ2n) is 6.82. The lowest BCUT2D eigenvalue weighted by Crippen LogP contribution is -2.75. The first-order chi connectivity index (χ1) is 10.1. The fraction of sp³-hybridized carbons (Fsp3) is 0.765. The molecule has 0 atom stereocenters. The van der Waals surface area contributed by atoms with Crippen LogP contribution in [0, 0.1) is 0 Å². The Kier molecular flexibility index (Phi) is 3.80. The maximum atomic E-state index is 13.2. The van der Waals surface area contributed by atoms with Crippen LogP contribution in [-0.4, -0.2) is 34.3 Å². The minimum Gasteiger partial charge on any atom is -0.340 e. The molecule has 1 heterocycles. The van der Waals surface area contributed by atoms with Crippen LogP contribution in [0.4, 0.5) is 0 Å². The summed E-state index contributed by atoms with van der Waals surface area (Å²) in [6.07, 6.45) is 12.6. The van der Waals surface area contributed by atoms with E-state index in [9.17, 15) is 9.59 Å². The van der Waals surface area contributed by atoms with Gasteiger partial charge in [0.2, 0.25) is 11.8 Å². The van der Waals surface area contributed by atoms with Crippen LogP contribution in [0.15, 0.2) is 12.2 Å². The molecule has 116 valence electrons. The van der Waals surface area contributed by atoms with Gasteiger partial charge in [-0.1, -0.05) is 44.3 Å². The maximum absolute atomic E-state index is 13.2. The van der Waals surface area contributed by atoms with Crippen LogP contribution in [0.1, 0.15) is 64.7 Å². The summed E-state index contributed by atoms with van der Waals surface area (Å²) in [6, 6.07) is 0.